The highest BCUT2D eigenvalue weighted by atomic mass is 31.2. The van der Waals surface area contributed by atoms with Crippen LogP contribution in [0.2, 0.25) is 0 Å². The molecule has 0 aliphatic rings. The summed E-state index contributed by atoms with van der Waals surface area (Å²) in [5.74, 6) is -0.820. The number of carbonyl (C=O) groups excluding carboxylic acids is 2. The summed E-state index contributed by atoms with van der Waals surface area (Å²) >= 11 is 0. The number of nitrogens with two attached hydrogens (primary N) is 1. The van der Waals surface area contributed by atoms with Crippen LogP contribution in [0.1, 0.15) is 277 Å². The zero-order valence-corrected chi connectivity index (χ0v) is 47.5. The van der Waals surface area contributed by atoms with Gasteiger partial charge in [0.25, 0.3) is 0 Å². The Kier molecular flexibility index (Phi) is 55.7. The first kappa shape index (κ1) is 69.5. The van der Waals surface area contributed by atoms with Crippen LogP contribution in [0.4, 0.5) is 0 Å². The van der Waals surface area contributed by atoms with Crippen molar-refractivity contribution in [3.8, 4) is 0 Å². The minimum absolute atomic E-state index is 0.0523. The first-order valence-corrected chi connectivity index (χ1v) is 31.4. The van der Waals surface area contributed by atoms with Gasteiger partial charge in [-0.15, -0.1) is 0 Å². The lowest BCUT2D eigenvalue weighted by atomic mass is 10.0. The van der Waals surface area contributed by atoms with Crippen molar-refractivity contribution in [2.75, 3.05) is 26.4 Å². The Balaban J connectivity index is 3.95. The van der Waals surface area contributed by atoms with Crippen LogP contribution in [0.5, 0.6) is 0 Å². The lowest BCUT2D eigenvalue weighted by Crippen LogP contribution is -2.29. The molecule has 72 heavy (non-hydrogen) atoms. The first-order valence-electron chi connectivity index (χ1n) is 29.9. The van der Waals surface area contributed by atoms with E-state index in [0.717, 1.165) is 77.0 Å². The summed E-state index contributed by atoms with van der Waals surface area (Å²) in [5, 5.41) is 0. The summed E-state index contributed by atoms with van der Waals surface area (Å²) in [6, 6.07) is 0. The number of rotatable bonds is 56. The number of carbonyl (C=O) groups is 2. The van der Waals surface area contributed by atoms with Crippen molar-refractivity contribution in [3.63, 3.8) is 0 Å². The number of ether oxygens (including phenoxy) is 2. The van der Waals surface area contributed by atoms with Gasteiger partial charge in [0.15, 0.2) is 6.10 Å². The van der Waals surface area contributed by atoms with Crippen molar-refractivity contribution in [1.82, 2.24) is 0 Å². The fraction of sp³-hybridized carbons (Fsp3) is 0.774. The van der Waals surface area contributed by atoms with Gasteiger partial charge in [-0.05, 0) is 64.2 Å². The molecular formula is C62H112NO8P. The molecule has 0 aromatic carbocycles. The molecule has 0 amide bonds. The second kappa shape index (κ2) is 57.7. The molecule has 3 N–H and O–H groups in total. The van der Waals surface area contributed by atoms with Crippen LogP contribution < -0.4 is 5.73 Å². The molecule has 10 heteroatoms. The quantitative estimate of drug-likeness (QED) is 0.0264. The van der Waals surface area contributed by atoms with Crippen LogP contribution >= 0.6 is 7.82 Å². The highest BCUT2D eigenvalue weighted by Crippen LogP contribution is 2.43. The Bertz CT molecular complexity index is 1410. The average Bonchev–Trinajstić information content (AvgIpc) is 3.37. The topological polar surface area (TPSA) is 134 Å². The lowest BCUT2D eigenvalue weighted by molar-refractivity contribution is -0.161. The van der Waals surface area contributed by atoms with Crippen molar-refractivity contribution < 1.29 is 37.6 Å². The van der Waals surface area contributed by atoms with Crippen LogP contribution in [0, 0.1) is 0 Å². The van der Waals surface area contributed by atoms with Crippen molar-refractivity contribution >= 4 is 19.8 Å². The largest absolute Gasteiger partial charge is 0.472 e. The summed E-state index contributed by atoms with van der Waals surface area (Å²) in [6.07, 6.45) is 73.9. The molecule has 9 nitrogen and oxygen atoms in total. The van der Waals surface area contributed by atoms with E-state index in [4.69, 9.17) is 24.3 Å². The van der Waals surface area contributed by atoms with E-state index < -0.39 is 26.5 Å². The number of allylic oxidation sites excluding steroid dienone is 12. The predicted octanol–water partition coefficient (Wildman–Crippen LogP) is 18.9. The van der Waals surface area contributed by atoms with Gasteiger partial charge in [0.2, 0.25) is 0 Å². The summed E-state index contributed by atoms with van der Waals surface area (Å²) in [4.78, 5) is 35.2. The van der Waals surface area contributed by atoms with Gasteiger partial charge in [0, 0.05) is 19.4 Å². The normalized spacial score (nSPS) is 13.6. The first-order chi connectivity index (χ1) is 35.3. The van der Waals surface area contributed by atoms with Gasteiger partial charge in [-0.1, -0.05) is 273 Å². The number of phosphoric acid groups is 1. The number of hydrogen-bond acceptors (Lipinski definition) is 8. The minimum atomic E-state index is -4.39. The molecule has 0 aliphatic carbocycles. The Labute approximate surface area is 443 Å². The summed E-state index contributed by atoms with van der Waals surface area (Å²) in [5.41, 5.74) is 5.38. The molecular weight excluding hydrogens is 918 g/mol. The van der Waals surface area contributed by atoms with Crippen LogP contribution in [0.3, 0.4) is 0 Å². The Morgan fingerprint density at radius 1 is 0.431 bits per heavy atom. The van der Waals surface area contributed by atoms with E-state index in [2.05, 4.69) is 86.8 Å². The molecule has 0 aliphatic heterocycles. The molecule has 2 atom stereocenters. The van der Waals surface area contributed by atoms with Crippen molar-refractivity contribution in [2.24, 2.45) is 5.73 Å². The second-order valence-electron chi connectivity index (χ2n) is 19.8. The molecule has 0 rings (SSSR count). The maximum Gasteiger partial charge on any atom is 0.472 e. The van der Waals surface area contributed by atoms with Crippen LogP contribution in [0.15, 0.2) is 72.9 Å². The van der Waals surface area contributed by atoms with E-state index >= 15 is 0 Å². The third-order valence-corrected chi connectivity index (χ3v) is 13.8. The van der Waals surface area contributed by atoms with Crippen molar-refractivity contribution in [1.29, 1.82) is 0 Å². The van der Waals surface area contributed by atoms with Crippen LogP contribution in [-0.2, 0) is 32.7 Å². The third-order valence-electron chi connectivity index (χ3n) is 12.9. The molecule has 2 unspecified atom stereocenters. The van der Waals surface area contributed by atoms with E-state index in [1.165, 1.54) is 167 Å². The van der Waals surface area contributed by atoms with Gasteiger partial charge in [0.05, 0.1) is 13.2 Å². The second-order valence-corrected chi connectivity index (χ2v) is 21.3. The molecule has 0 heterocycles. The standard InChI is InChI=1S/C62H112NO8P/c1-3-5-7-9-11-13-15-17-19-21-23-25-26-27-28-29-30-31-32-33-34-35-37-39-41-43-45-47-49-51-53-55-62(65)71-60(59-70-72(66,67)69-57-56-63)58-68-61(64)54-52-50-48-46-44-42-40-38-36-24-22-20-18-16-14-12-10-8-6-4-2/h5,7,11,13,17,19,23,25,27-28,30-31,60H,3-4,6,8-10,12,14-16,18,20-22,24,26,29,32-59,63H2,1-2H3,(H,66,67)/b7-5-,13-11-,19-17-,25-23-,28-27-,31-30-. The molecule has 0 saturated heterocycles. The molecule has 0 fully saturated rings. The van der Waals surface area contributed by atoms with Gasteiger partial charge in [-0.25, -0.2) is 4.57 Å². The zero-order valence-electron chi connectivity index (χ0n) is 46.7. The van der Waals surface area contributed by atoms with Gasteiger partial charge >= 0.3 is 19.8 Å². The summed E-state index contributed by atoms with van der Waals surface area (Å²) in [7, 11) is -4.39. The Hall–Kier alpha value is -2.55. The molecule has 0 aromatic rings. The summed E-state index contributed by atoms with van der Waals surface area (Å²) < 4.78 is 33.1. The zero-order chi connectivity index (χ0) is 52.4. The van der Waals surface area contributed by atoms with Crippen LogP contribution in [0.25, 0.3) is 0 Å². The molecule has 0 saturated carbocycles. The number of hydrogen-bond donors (Lipinski definition) is 2. The fourth-order valence-corrected chi connectivity index (χ4v) is 9.23. The van der Waals surface area contributed by atoms with Gasteiger partial charge in [0.1, 0.15) is 6.61 Å². The van der Waals surface area contributed by atoms with Gasteiger partial charge in [-0.2, -0.15) is 0 Å². The lowest BCUT2D eigenvalue weighted by Gasteiger charge is -2.19. The van der Waals surface area contributed by atoms with Crippen molar-refractivity contribution in [3.05, 3.63) is 72.9 Å². The highest BCUT2D eigenvalue weighted by molar-refractivity contribution is 7.47. The number of unbranched alkanes of at least 4 members (excludes halogenated alkanes) is 31. The smallest absolute Gasteiger partial charge is 0.462 e. The number of phosphoric ester groups is 1. The minimum Gasteiger partial charge on any atom is -0.462 e. The summed E-state index contributed by atoms with van der Waals surface area (Å²) in [6.45, 7) is 3.66. The fourth-order valence-electron chi connectivity index (χ4n) is 8.47. The van der Waals surface area contributed by atoms with Gasteiger partial charge < -0.3 is 20.1 Å². The maximum absolute atomic E-state index is 12.7. The average molecular weight is 1030 g/mol. The molecule has 0 spiro atoms. The van der Waals surface area contributed by atoms with Crippen molar-refractivity contribution in [2.45, 2.75) is 283 Å². The monoisotopic (exact) mass is 1030 g/mol. The van der Waals surface area contributed by atoms with Crippen LogP contribution in [-0.4, -0.2) is 49.3 Å². The van der Waals surface area contributed by atoms with E-state index in [1.807, 2.05) is 0 Å². The van der Waals surface area contributed by atoms with Gasteiger partial charge in [-0.3, -0.25) is 18.6 Å². The third kappa shape index (κ3) is 56.7. The van der Waals surface area contributed by atoms with E-state index in [-0.39, 0.29) is 38.6 Å². The molecule has 0 aromatic heterocycles. The molecule has 418 valence electrons. The predicted molar refractivity (Wildman–Crippen MR) is 307 cm³/mol. The van der Waals surface area contributed by atoms with E-state index in [9.17, 15) is 19.0 Å². The number of esters is 2. The Morgan fingerprint density at radius 3 is 1.14 bits per heavy atom. The van der Waals surface area contributed by atoms with E-state index in [0.29, 0.717) is 6.42 Å². The molecule has 0 bridgehead atoms. The highest BCUT2D eigenvalue weighted by Gasteiger charge is 2.26. The maximum atomic E-state index is 12.7. The molecule has 0 radical (unpaired) electrons. The SMILES string of the molecule is CC/C=C\C/C=C\C/C=C\C/C=C\C/C=C\C/C=C\CCCCCCCCCCCCCCC(=O)OC(COC(=O)CCCCCCCCCCCCCCCCCCCCCC)COP(=O)(O)OCCN. The Morgan fingerprint density at radius 2 is 0.764 bits per heavy atom. The van der Waals surface area contributed by atoms with E-state index in [1.54, 1.807) is 0 Å².